The van der Waals surface area contributed by atoms with Crippen molar-refractivity contribution in [3.05, 3.63) is 29.8 Å². The lowest BCUT2D eigenvalue weighted by atomic mass is 9.99. The average Bonchev–Trinajstić information content (AvgIpc) is 2.49. The van der Waals surface area contributed by atoms with Crippen LogP contribution in [0, 0.1) is 0 Å². The van der Waals surface area contributed by atoms with E-state index >= 15 is 0 Å². The molecule has 1 fully saturated rings. The molecule has 1 amide bonds. The molecule has 1 aliphatic heterocycles. The van der Waals surface area contributed by atoms with E-state index in [-0.39, 0.29) is 23.1 Å². The van der Waals surface area contributed by atoms with Crippen LogP contribution in [-0.4, -0.2) is 36.7 Å². The summed E-state index contributed by atoms with van der Waals surface area (Å²) < 4.78 is 5.54. The minimum absolute atomic E-state index is 0. The Hall–Kier alpha value is -0.910. The highest BCUT2D eigenvalue weighted by Crippen LogP contribution is 2.32. The zero-order chi connectivity index (χ0) is 14.4. The number of benzene rings is 1. The number of carbonyl (C=O) groups excluding carboxylic acids is 1. The molecular formula is C15H23ClN2O2S. The summed E-state index contributed by atoms with van der Waals surface area (Å²) in [4.78, 5) is 12.0. The number of hydrogen-bond donors (Lipinski definition) is 2. The van der Waals surface area contributed by atoms with Crippen LogP contribution in [0.5, 0.6) is 0 Å². The van der Waals surface area contributed by atoms with Gasteiger partial charge in [-0.3, -0.25) is 4.79 Å². The second kappa shape index (κ2) is 8.51. The van der Waals surface area contributed by atoms with Crippen molar-refractivity contribution >= 4 is 35.8 Å². The first kappa shape index (κ1) is 18.1. The molecule has 1 aromatic rings. The van der Waals surface area contributed by atoms with Crippen molar-refractivity contribution in [2.45, 2.75) is 24.0 Å². The molecule has 4 nitrogen and oxygen atoms in total. The third kappa shape index (κ3) is 5.41. The second-order valence-electron chi connectivity index (χ2n) is 5.19. The summed E-state index contributed by atoms with van der Waals surface area (Å²) in [6.45, 7) is 2.29. The first-order valence-corrected chi connectivity index (χ1v) is 8.10. The Morgan fingerprint density at radius 3 is 2.52 bits per heavy atom. The van der Waals surface area contributed by atoms with Gasteiger partial charge < -0.3 is 15.8 Å². The third-order valence-electron chi connectivity index (χ3n) is 3.79. The van der Waals surface area contributed by atoms with Gasteiger partial charge in [0.1, 0.15) is 0 Å². The summed E-state index contributed by atoms with van der Waals surface area (Å²) in [5.74, 6) is 0.0645. The molecule has 118 valence electrons. The van der Waals surface area contributed by atoms with E-state index in [1.807, 2.05) is 36.0 Å². The van der Waals surface area contributed by atoms with Crippen LogP contribution >= 0.6 is 24.2 Å². The fraction of sp³-hybridized carbons (Fsp3) is 0.533. The molecule has 2 rings (SSSR count). The number of anilines is 1. The molecule has 1 aliphatic rings. The zero-order valence-corrected chi connectivity index (χ0v) is 13.9. The molecule has 0 aliphatic carbocycles. The fourth-order valence-electron chi connectivity index (χ4n) is 2.34. The number of hydrogen-bond acceptors (Lipinski definition) is 4. The van der Waals surface area contributed by atoms with Crippen LogP contribution in [-0.2, 0) is 16.0 Å². The van der Waals surface area contributed by atoms with Crippen LogP contribution in [0.1, 0.15) is 18.4 Å². The summed E-state index contributed by atoms with van der Waals surface area (Å²) in [6.07, 6.45) is 4.51. The van der Waals surface area contributed by atoms with Crippen molar-refractivity contribution in [2.75, 3.05) is 31.7 Å². The van der Waals surface area contributed by atoms with Gasteiger partial charge in [-0.15, -0.1) is 12.4 Å². The molecular weight excluding hydrogens is 308 g/mol. The highest BCUT2D eigenvalue weighted by molar-refractivity contribution is 8.00. The molecule has 0 saturated carbocycles. The van der Waals surface area contributed by atoms with Crippen LogP contribution in [0.25, 0.3) is 0 Å². The van der Waals surface area contributed by atoms with E-state index in [1.54, 1.807) is 0 Å². The van der Waals surface area contributed by atoms with Gasteiger partial charge in [0.2, 0.25) is 5.91 Å². The highest BCUT2D eigenvalue weighted by atomic mass is 35.5. The average molecular weight is 331 g/mol. The van der Waals surface area contributed by atoms with Gasteiger partial charge in [-0.2, -0.15) is 11.8 Å². The number of ether oxygens (including phenoxy) is 1. The van der Waals surface area contributed by atoms with Gasteiger partial charge in [0.25, 0.3) is 0 Å². The molecule has 0 radical (unpaired) electrons. The van der Waals surface area contributed by atoms with Gasteiger partial charge >= 0.3 is 0 Å². The summed E-state index contributed by atoms with van der Waals surface area (Å²) in [5, 5.41) is 3.06. The van der Waals surface area contributed by atoms with E-state index in [0.717, 1.165) is 37.3 Å². The largest absolute Gasteiger partial charge is 0.399 e. The first-order chi connectivity index (χ1) is 9.63. The lowest BCUT2D eigenvalue weighted by molar-refractivity contribution is -0.120. The van der Waals surface area contributed by atoms with Crippen LogP contribution in [0.4, 0.5) is 5.69 Å². The molecule has 21 heavy (non-hydrogen) atoms. The predicted octanol–water partition coefficient (Wildman–Crippen LogP) is 2.26. The second-order valence-corrected chi connectivity index (χ2v) is 6.47. The molecule has 1 saturated heterocycles. The van der Waals surface area contributed by atoms with Crippen molar-refractivity contribution in [3.63, 3.8) is 0 Å². The van der Waals surface area contributed by atoms with Crippen LogP contribution in [0.2, 0.25) is 0 Å². The van der Waals surface area contributed by atoms with Gasteiger partial charge in [-0.25, -0.2) is 0 Å². The lowest BCUT2D eigenvalue weighted by Crippen LogP contribution is -2.44. The zero-order valence-electron chi connectivity index (χ0n) is 12.3. The Balaban J connectivity index is 0.00000220. The quantitative estimate of drug-likeness (QED) is 0.813. The maximum atomic E-state index is 12.0. The summed E-state index contributed by atoms with van der Waals surface area (Å²) in [5.41, 5.74) is 7.34. The fourth-order valence-corrected chi connectivity index (χ4v) is 3.13. The smallest absolute Gasteiger partial charge is 0.224 e. The minimum Gasteiger partial charge on any atom is -0.399 e. The standard InChI is InChI=1S/C15H22N2O2S.ClH/c1-20-15(6-8-19-9-7-15)11-17-14(18)10-12-2-4-13(16)5-3-12;/h2-5H,6-11,16H2,1H3,(H,17,18);1H. The van der Waals surface area contributed by atoms with E-state index in [2.05, 4.69) is 11.6 Å². The third-order valence-corrected chi connectivity index (χ3v) is 5.21. The molecule has 1 heterocycles. The van der Waals surface area contributed by atoms with Crippen LogP contribution in [0.15, 0.2) is 24.3 Å². The van der Waals surface area contributed by atoms with Gasteiger partial charge in [0, 0.05) is 30.2 Å². The Bertz CT molecular complexity index is 447. The topological polar surface area (TPSA) is 64.4 Å². The van der Waals surface area contributed by atoms with Gasteiger partial charge in [-0.05, 0) is 36.8 Å². The van der Waals surface area contributed by atoms with Crippen molar-refractivity contribution in [2.24, 2.45) is 0 Å². The Kier molecular flexibility index (Phi) is 7.35. The van der Waals surface area contributed by atoms with Crippen LogP contribution in [0.3, 0.4) is 0 Å². The Morgan fingerprint density at radius 2 is 1.95 bits per heavy atom. The van der Waals surface area contributed by atoms with Gasteiger partial charge in [0.05, 0.1) is 6.42 Å². The van der Waals surface area contributed by atoms with Gasteiger partial charge in [-0.1, -0.05) is 12.1 Å². The number of nitrogen functional groups attached to an aromatic ring is 1. The van der Waals surface area contributed by atoms with E-state index in [9.17, 15) is 4.79 Å². The first-order valence-electron chi connectivity index (χ1n) is 6.88. The number of nitrogens with one attached hydrogen (secondary N) is 1. The van der Waals surface area contributed by atoms with E-state index < -0.39 is 0 Å². The number of thioether (sulfide) groups is 1. The number of amides is 1. The van der Waals surface area contributed by atoms with E-state index in [1.165, 1.54) is 0 Å². The van der Waals surface area contributed by atoms with Gasteiger partial charge in [0.15, 0.2) is 0 Å². The SMILES string of the molecule is CSC1(CNC(=O)Cc2ccc(N)cc2)CCOCC1.Cl. The molecule has 1 aromatic carbocycles. The summed E-state index contributed by atoms with van der Waals surface area (Å²) >= 11 is 1.83. The minimum atomic E-state index is 0. The molecule has 0 spiro atoms. The number of halogens is 1. The maximum Gasteiger partial charge on any atom is 0.224 e. The van der Waals surface area contributed by atoms with Crippen molar-refractivity contribution in [1.29, 1.82) is 0 Å². The van der Waals surface area contributed by atoms with Crippen molar-refractivity contribution in [1.82, 2.24) is 5.32 Å². The van der Waals surface area contributed by atoms with Crippen molar-refractivity contribution < 1.29 is 9.53 Å². The lowest BCUT2D eigenvalue weighted by Gasteiger charge is -2.35. The molecule has 0 aromatic heterocycles. The monoisotopic (exact) mass is 330 g/mol. The molecule has 0 atom stereocenters. The molecule has 0 unspecified atom stereocenters. The molecule has 0 bridgehead atoms. The van der Waals surface area contributed by atoms with E-state index in [4.69, 9.17) is 10.5 Å². The van der Waals surface area contributed by atoms with E-state index in [0.29, 0.717) is 13.0 Å². The predicted molar refractivity (Wildman–Crippen MR) is 91.1 cm³/mol. The highest BCUT2D eigenvalue weighted by Gasteiger charge is 2.31. The molecule has 6 heteroatoms. The Morgan fingerprint density at radius 1 is 1.33 bits per heavy atom. The van der Waals surface area contributed by atoms with Crippen molar-refractivity contribution in [3.8, 4) is 0 Å². The number of carbonyl (C=O) groups is 1. The number of rotatable bonds is 5. The maximum absolute atomic E-state index is 12.0. The normalized spacial score (nSPS) is 16.8. The summed E-state index contributed by atoms with van der Waals surface area (Å²) in [7, 11) is 0. The molecule has 3 N–H and O–H groups in total. The Labute approximate surface area is 136 Å². The van der Waals surface area contributed by atoms with Crippen LogP contribution < -0.4 is 11.1 Å². The summed E-state index contributed by atoms with van der Waals surface area (Å²) in [6, 6.07) is 7.44. The number of nitrogens with two attached hydrogens (primary N) is 1.